The molecule has 0 fully saturated rings. The van der Waals surface area contributed by atoms with Gasteiger partial charge in [0.15, 0.2) is 11.5 Å². The van der Waals surface area contributed by atoms with Crippen LogP contribution >= 0.6 is 0 Å². The van der Waals surface area contributed by atoms with Crippen molar-refractivity contribution in [2.45, 2.75) is 25.8 Å². The van der Waals surface area contributed by atoms with Gasteiger partial charge in [0.1, 0.15) is 5.82 Å². The highest BCUT2D eigenvalue weighted by atomic mass is 19.4. The van der Waals surface area contributed by atoms with E-state index in [4.69, 9.17) is 4.74 Å². The summed E-state index contributed by atoms with van der Waals surface area (Å²) in [7, 11) is 1.31. The monoisotopic (exact) mass is 438 g/mol. The molecule has 0 radical (unpaired) electrons. The molecule has 162 valence electrons. The van der Waals surface area contributed by atoms with E-state index in [9.17, 15) is 26.7 Å². The molecule has 2 aromatic carbocycles. The molecule has 3 aromatic rings. The first-order valence-corrected chi connectivity index (χ1v) is 9.13. The number of fused-ring (bicyclic) bond motifs is 2. The van der Waals surface area contributed by atoms with Gasteiger partial charge in [-0.2, -0.15) is 22.0 Å². The Morgan fingerprint density at radius 1 is 1.13 bits per heavy atom. The molecule has 5 nitrogen and oxygen atoms in total. The van der Waals surface area contributed by atoms with Crippen molar-refractivity contribution in [1.82, 2.24) is 9.55 Å². The molecule has 0 spiro atoms. The van der Waals surface area contributed by atoms with Gasteiger partial charge in [0, 0.05) is 6.54 Å². The quantitative estimate of drug-likeness (QED) is 0.540. The Hall–Kier alpha value is -3.43. The number of hydrogen-bond donors (Lipinski definition) is 0. The fourth-order valence-electron chi connectivity index (χ4n) is 3.50. The second-order valence-corrected chi connectivity index (χ2v) is 6.83. The van der Waals surface area contributed by atoms with Gasteiger partial charge in [-0.05, 0) is 54.0 Å². The highest BCUT2D eigenvalue weighted by Crippen LogP contribution is 2.34. The van der Waals surface area contributed by atoms with Crippen molar-refractivity contribution >= 4 is 22.6 Å². The summed E-state index contributed by atoms with van der Waals surface area (Å²) in [6, 6.07) is 7.18. The van der Waals surface area contributed by atoms with Crippen LogP contribution < -0.4 is 15.0 Å². The van der Waals surface area contributed by atoms with Crippen molar-refractivity contribution in [3.05, 3.63) is 63.7 Å². The van der Waals surface area contributed by atoms with Gasteiger partial charge in [0.2, 0.25) is 0 Å². The topological polar surface area (TPSA) is 53.4 Å². The van der Waals surface area contributed by atoms with Crippen LogP contribution in [0.5, 0.6) is 11.5 Å². The van der Waals surface area contributed by atoms with Crippen molar-refractivity contribution in [3.8, 4) is 11.5 Å². The Morgan fingerprint density at radius 3 is 2.58 bits per heavy atom. The minimum Gasteiger partial charge on any atom is -0.493 e. The van der Waals surface area contributed by atoms with Crippen molar-refractivity contribution in [1.29, 1.82) is 0 Å². The van der Waals surface area contributed by atoms with E-state index in [0.717, 1.165) is 18.2 Å². The number of aromatic nitrogens is 2. The van der Waals surface area contributed by atoms with E-state index in [2.05, 4.69) is 9.72 Å². The summed E-state index contributed by atoms with van der Waals surface area (Å²) in [5, 5.41) is 0.105. The number of rotatable bonds is 4. The number of nitrogens with zero attached hydrogens (tertiary/aromatic N) is 2. The maximum absolute atomic E-state index is 13.0. The molecule has 0 saturated carbocycles. The zero-order valence-electron chi connectivity index (χ0n) is 16.0. The molecule has 1 aliphatic rings. The number of benzene rings is 2. The molecule has 4 rings (SSSR count). The molecule has 1 aliphatic heterocycles. The van der Waals surface area contributed by atoms with Crippen molar-refractivity contribution in [2.75, 3.05) is 7.11 Å². The normalized spacial score (nSPS) is 15.0. The molecule has 1 aromatic heterocycles. The summed E-state index contributed by atoms with van der Waals surface area (Å²) in [6.45, 7) is -2.68. The van der Waals surface area contributed by atoms with Gasteiger partial charge in [-0.1, -0.05) is 6.07 Å². The van der Waals surface area contributed by atoms with Crippen LogP contribution in [0.15, 0.2) is 41.2 Å². The van der Waals surface area contributed by atoms with Crippen LogP contribution in [0.4, 0.5) is 22.0 Å². The smallest absolute Gasteiger partial charge is 0.416 e. The summed E-state index contributed by atoms with van der Waals surface area (Å²) in [4.78, 5) is 17.0. The van der Waals surface area contributed by atoms with Crippen LogP contribution in [-0.2, 0) is 12.7 Å². The van der Waals surface area contributed by atoms with E-state index in [0.29, 0.717) is 24.1 Å². The van der Waals surface area contributed by atoms with E-state index in [1.165, 1.54) is 29.9 Å². The van der Waals surface area contributed by atoms with Crippen molar-refractivity contribution in [2.24, 2.45) is 0 Å². The third-order valence-electron chi connectivity index (χ3n) is 4.92. The average Bonchev–Trinajstić information content (AvgIpc) is 3.10. The average molecular weight is 438 g/mol. The first kappa shape index (κ1) is 20.8. The zero-order valence-corrected chi connectivity index (χ0v) is 16.0. The van der Waals surface area contributed by atoms with Crippen molar-refractivity contribution < 1.29 is 31.4 Å². The minimum absolute atomic E-state index is 0.0443. The lowest BCUT2D eigenvalue weighted by Gasteiger charge is -2.11. The van der Waals surface area contributed by atoms with E-state index in [1.807, 2.05) is 0 Å². The first-order chi connectivity index (χ1) is 14.7. The number of methoxy groups -OCH3 is 1. The molecule has 0 saturated heterocycles. The van der Waals surface area contributed by atoms with Crippen LogP contribution in [0.3, 0.4) is 0 Å². The molecule has 0 aliphatic carbocycles. The van der Waals surface area contributed by atoms with Gasteiger partial charge < -0.3 is 9.47 Å². The summed E-state index contributed by atoms with van der Waals surface area (Å²) in [5.74, 6) is 0.224. The summed E-state index contributed by atoms with van der Waals surface area (Å²) < 4.78 is 75.0. The maximum atomic E-state index is 13.0. The fraction of sp³-hybridized carbons (Fsp3) is 0.238. The van der Waals surface area contributed by atoms with Gasteiger partial charge in [-0.25, -0.2) is 4.98 Å². The van der Waals surface area contributed by atoms with Gasteiger partial charge in [0.25, 0.3) is 5.56 Å². The van der Waals surface area contributed by atoms with E-state index < -0.39 is 23.9 Å². The highest BCUT2D eigenvalue weighted by Gasteiger charge is 2.31. The van der Waals surface area contributed by atoms with Crippen LogP contribution in [-0.4, -0.2) is 23.3 Å². The van der Waals surface area contributed by atoms with Crippen LogP contribution in [0.2, 0.25) is 0 Å². The second kappa shape index (κ2) is 7.68. The predicted octanol–water partition coefficient (Wildman–Crippen LogP) is 4.97. The maximum Gasteiger partial charge on any atom is 0.416 e. The van der Waals surface area contributed by atoms with Gasteiger partial charge in [-0.3, -0.25) is 9.36 Å². The minimum atomic E-state index is -4.55. The number of halogens is 5. The van der Waals surface area contributed by atoms with Crippen LogP contribution in [0, 0.1) is 0 Å². The lowest BCUT2D eigenvalue weighted by molar-refractivity contribution is -0.137. The van der Waals surface area contributed by atoms with Crippen LogP contribution in [0.25, 0.3) is 22.6 Å². The Bertz CT molecular complexity index is 1250. The Labute approximate surface area is 172 Å². The second-order valence-electron chi connectivity index (χ2n) is 6.83. The third kappa shape index (κ3) is 3.97. The van der Waals surface area contributed by atoms with Gasteiger partial charge in [-0.15, -0.1) is 0 Å². The first-order valence-electron chi connectivity index (χ1n) is 9.13. The SMILES string of the molecule is COc1cc(/C=C2\CCn3c2nc2cc(C(F)(F)F)ccc2c3=O)ccc1OC(F)F. The molecule has 2 heterocycles. The molecule has 0 N–H and O–H groups in total. The van der Waals surface area contributed by atoms with Gasteiger partial charge in [0.05, 0.1) is 23.6 Å². The summed E-state index contributed by atoms with van der Waals surface area (Å²) >= 11 is 0. The van der Waals surface area contributed by atoms with Crippen LogP contribution in [0.1, 0.15) is 23.4 Å². The Kier molecular flexibility index (Phi) is 5.16. The molecule has 0 unspecified atom stereocenters. The third-order valence-corrected chi connectivity index (χ3v) is 4.92. The molecule has 0 bridgehead atoms. The van der Waals surface area contributed by atoms with E-state index >= 15 is 0 Å². The Morgan fingerprint density at radius 2 is 1.90 bits per heavy atom. The number of ether oxygens (including phenoxy) is 2. The molecular weight excluding hydrogens is 423 g/mol. The lowest BCUT2D eigenvalue weighted by Crippen LogP contribution is -2.21. The summed E-state index contributed by atoms with van der Waals surface area (Å²) in [6.07, 6.45) is -2.44. The van der Waals surface area contributed by atoms with E-state index in [-0.39, 0.29) is 28.2 Å². The molecule has 0 atom stereocenters. The molecule has 0 amide bonds. The lowest BCUT2D eigenvalue weighted by atomic mass is 10.1. The molecular formula is C21H15F5N2O3. The standard InChI is InChI=1S/C21H15F5N2O3/c1-30-17-9-11(2-5-16(17)31-20(22)23)8-12-6-7-28-18(12)27-15-10-13(21(24,25)26)3-4-14(15)19(28)29/h2-5,8-10,20H,6-7H2,1H3/b12-8+. The number of allylic oxidation sites excluding steroid dienone is 1. The largest absolute Gasteiger partial charge is 0.493 e. The fourth-order valence-corrected chi connectivity index (χ4v) is 3.50. The molecule has 31 heavy (non-hydrogen) atoms. The predicted molar refractivity (Wildman–Crippen MR) is 103 cm³/mol. The zero-order chi connectivity index (χ0) is 22.3. The molecule has 10 heteroatoms. The van der Waals surface area contributed by atoms with Crippen molar-refractivity contribution in [3.63, 3.8) is 0 Å². The van der Waals surface area contributed by atoms with E-state index in [1.54, 1.807) is 6.08 Å². The number of alkyl halides is 5. The Balaban J connectivity index is 1.78. The summed E-state index contributed by atoms with van der Waals surface area (Å²) in [5.41, 5.74) is -0.159. The number of hydrogen-bond acceptors (Lipinski definition) is 4. The highest BCUT2D eigenvalue weighted by molar-refractivity contribution is 5.85. The van der Waals surface area contributed by atoms with Gasteiger partial charge >= 0.3 is 12.8 Å².